The summed E-state index contributed by atoms with van der Waals surface area (Å²) in [6.07, 6.45) is 1.40. The summed E-state index contributed by atoms with van der Waals surface area (Å²) in [5.74, 6) is 0.231. The molecule has 0 radical (unpaired) electrons. The van der Waals surface area contributed by atoms with Crippen LogP contribution in [0.3, 0.4) is 0 Å². The third-order valence-corrected chi connectivity index (χ3v) is 3.68. The third-order valence-electron chi connectivity index (χ3n) is 3.68. The van der Waals surface area contributed by atoms with Crippen molar-refractivity contribution in [3.8, 4) is 0 Å². The summed E-state index contributed by atoms with van der Waals surface area (Å²) < 4.78 is 0. The van der Waals surface area contributed by atoms with Gasteiger partial charge in [0.2, 0.25) is 5.95 Å². The Labute approximate surface area is 145 Å². The van der Waals surface area contributed by atoms with Gasteiger partial charge in [-0.15, -0.1) is 10.2 Å². The van der Waals surface area contributed by atoms with Crippen molar-refractivity contribution in [2.45, 2.75) is 19.8 Å². The monoisotopic (exact) mass is 333 g/mol. The summed E-state index contributed by atoms with van der Waals surface area (Å²) in [5, 5.41) is 12.1. The Bertz CT molecular complexity index is 860. The van der Waals surface area contributed by atoms with Crippen molar-refractivity contribution in [2.75, 3.05) is 5.43 Å². The molecular formula is C19H19N5O. The Morgan fingerprint density at radius 3 is 2.04 bits per heavy atom. The molecule has 0 amide bonds. The molecule has 0 aliphatic carbocycles. The normalized spacial score (nSPS) is 10.3. The Hall–Kier alpha value is -3.28. The van der Waals surface area contributed by atoms with Gasteiger partial charge in [0.25, 0.3) is 5.56 Å². The number of benzene rings is 2. The molecule has 0 saturated carbocycles. The zero-order valence-corrected chi connectivity index (χ0v) is 13.9. The number of hydrazone groups is 1. The van der Waals surface area contributed by atoms with Gasteiger partial charge in [0.15, 0.2) is 0 Å². The van der Waals surface area contributed by atoms with E-state index in [0.29, 0.717) is 18.5 Å². The fourth-order valence-corrected chi connectivity index (χ4v) is 2.38. The molecule has 3 rings (SSSR count). The van der Waals surface area contributed by atoms with Crippen LogP contribution in [0.4, 0.5) is 5.95 Å². The number of rotatable bonds is 6. The summed E-state index contributed by atoms with van der Waals surface area (Å²) in [6.45, 7) is 1.61. The van der Waals surface area contributed by atoms with Crippen molar-refractivity contribution < 1.29 is 0 Å². The minimum atomic E-state index is -0.277. The zero-order valence-electron chi connectivity index (χ0n) is 13.9. The Kier molecular flexibility index (Phi) is 5.31. The zero-order chi connectivity index (χ0) is 17.5. The average Bonchev–Trinajstić information content (AvgIpc) is 2.64. The fraction of sp³-hybridized carbons (Fsp3) is 0.158. The van der Waals surface area contributed by atoms with Crippen LogP contribution >= 0.6 is 0 Å². The minimum absolute atomic E-state index is 0.231. The van der Waals surface area contributed by atoms with E-state index in [0.717, 1.165) is 5.71 Å². The first kappa shape index (κ1) is 16.6. The van der Waals surface area contributed by atoms with Crippen LogP contribution in [0.2, 0.25) is 0 Å². The first-order valence-corrected chi connectivity index (χ1v) is 8.03. The van der Waals surface area contributed by atoms with E-state index in [1.165, 1.54) is 11.1 Å². The Morgan fingerprint density at radius 1 is 0.960 bits per heavy atom. The second kappa shape index (κ2) is 8.01. The summed E-state index contributed by atoms with van der Waals surface area (Å²) in [6, 6.07) is 20.3. The van der Waals surface area contributed by atoms with Crippen LogP contribution in [0.15, 0.2) is 70.6 Å². The number of nitrogens with zero attached hydrogens (tertiary/aromatic N) is 3. The van der Waals surface area contributed by atoms with Crippen molar-refractivity contribution in [1.29, 1.82) is 0 Å². The maximum Gasteiger partial charge on any atom is 0.274 e. The van der Waals surface area contributed by atoms with Crippen molar-refractivity contribution in [3.05, 3.63) is 87.8 Å². The highest BCUT2D eigenvalue weighted by Crippen LogP contribution is 2.07. The van der Waals surface area contributed by atoms with E-state index in [-0.39, 0.29) is 11.5 Å². The van der Waals surface area contributed by atoms with Crippen molar-refractivity contribution in [3.63, 3.8) is 0 Å². The molecular weight excluding hydrogens is 314 g/mol. The predicted octanol–water partition coefficient (Wildman–Crippen LogP) is 2.73. The topological polar surface area (TPSA) is 83.0 Å². The molecule has 0 saturated heterocycles. The van der Waals surface area contributed by atoms with Gasteiger partial charge in [-0.2, -0.15) is 5.10 Å². The largest absolute Gasteiger partial charge is 0.288 e. The van der Waals surface area contributed by atoms with Gasteiger partial charge in [-0.1, -0.05) is 60.7 Å². The van der Waals surface area contributed by atoms with Gasteiger partial charge in [-0.05, 0) is 18.1 Å². The number of nitrogens with one attached hydrogen (secondary N) is 2. The number of hydrogen-bond donors (Lipinski definition) is 2. The predicted molar refractivity (Wildman–Crippen MR) is 98.7 cm³/mol. The second-order valence-corrected chi connectivity index (χ2v) is 5.70. The van der Waals surface area contributed by atoms with E-state index in [9.17, 15) is 4.79 Å². The molecule has 6 nitrogen and oxygen atoms in total. The lowest BCUT2D eigenvalue weighted by Crippen LogP contribution is -2.17. The van der Waals surface area contributed by atoms with Gasteiger partial charge in [-0.3, -0.25) is 9.78 Å². The van der Waals surface area contributed by atoms with Gasteiger partial charge >= 0.3 is 0 Å². The second-order valence-electron chi connectivity index (χ2n) is 5.70. The average molecular weight is 333 g/mol. The first-order valence-electron chi connectivity index (χ1n) is 8.03. The number of aromatic amines is 1. The molecule has 0 bridgehead atoms. The molecule has 0 atom stereocenters. The molecule has 25 heavy (non-hydrogen) atoms. The molecule has 2 N–H and O–H groups in total. The van der Waals surface area contributed by atoms with Crippen LogP contribution < -0.4 is 11.0 Å². The van der Waals surface area contributed by atoms with Gasteiger partial charge in [0.1, 0.15) is 5.69 Å². The van der Waals surface area contributed by atoms with Crippen LogP contribution in [0.1, 0.15) is 16.8 Å². The maximum atomic E-state index is 11.6. The van der Waals surface area contributed by atoms with Crippen LogP contribution in [0.5, 0.6) is 0 Å². The lowest BCUT2D eigenvalue weighted by atomic mass is 10.0. The molecule has 1 heterocycles. The molecule has 0 aliphatic rings. The van der Waals surface area contributed by atoms with Gasteiger partial charge in [-0.25, -0.2) is 5.43 Å². The molecule has 1 aromatic heterocycles. The standard InChI is InChI=1S/C19H19N5O/c1-14-18(25)20-19(23-21-14)24-22-17(12-15-8-4-2-5-9-15)13-16-10-6-3-7-11-16/h2-11H,12-13H2,1H3,(H2,20,23,24,25). The Balaban J connectivity index is 1.81. The van der Waals surface area contributed by atoms with Gasteiger partial charge in [0, 0.05) is 18.6 Å². The lowest BCUT2D eigenvalue weighted by Gasteiger charge is -2.08. The van der Waals surface area contributed by atoms with Gasteiger partial charge < -0.3 is 0 Å². The van der Waals surface area contributed by atoms with E-state index in [1.807, 2.05) is 36.4 Å². The number of aryl methyl sites for hydroxylation is 1. The summed E-state index contributed by atoms with van der Waals surface area (Å²) in [7, 11) is 0. The highest BCUT2D eigenvalue weighted by molar-refractivity contribution is 5.89. The summed E-state index contributed by atoms with van der Waals surface area (Å²) in [4.78, 5) is 14.2. The number of anilines is 1. The van der Waals surface area contributed by atoms with E-state index in [2.05, 4.69) is 50.0 Å². The van der Waals surface area contributed by atoms with E-state index in [4.69, 9.17) is 0 Å². The maximum absolute atomic E-state index is 11.6. The lowest BCUT2D eigenvalue weighted by molar-refractivity contribution is 0.896. The highest BCUT2D eigenvalue weighted by atomic mass is 16.1. The minimum Gasteiger partial charge on any atom is -0.288 e. The van der Waals surface area contributed by atoms with E-state index in [1.54, 1.807) is 6.92 Å². The number of hydrogen-bond acceptors (Lipinski definition) is 5. The smallest absolute Gasteiger partial charge is 0.274 e. The third kappa shape index (κ3) is 4.84. The van der Waals surface area contributed by atoms with E-state index >= 15 is 0 Å². The highest BCUT2D eigenvalue weighted by Gasteiger charge is 2.05. The SMILES string of the molecule is Cc1nnc(NN=C(Cc2ccccc2)Cc2ccccc2)[nH]c1=O. The summed E-state index contributed by atoms with van der Waals surface area (Å²) in [5.41, 5.74) is 6.13. The van der Waals surface area contributed by atoms with Crippen molar-refractivity contribution in [1.82, 2.24) is 15.2 Å². The van der Waals surface area contributed by atoms with E-state index < -0.39 is 0 Å². The number of H-pyrrole nitrogens is 1. The van der Waals surface area contributed by atoms with Crippen LogP contribution in [-0.4, -0.2) is 20.9 Å². The van der Waals surface area contributed by atoms with Crippen LogP contribution in [-0.2, 0) is 12.8 Å². The molecule has 6 heteroatoms. The quantitative estimate of drug-likeness (QED) is 0.537. The molecule has 0 spiro atoms. The summed E-state index contributed by atoms with van der Waals surface area (Å²) >= 11 is 0. The van der Waals surface area contributed by atoms with Crippen LogP contribution in [0.25, 0.3) is 0 Å². The molecule has 126 valence electrons. The molecule has 3 aromatic rings. The molecule has 0 fully saturated rings. The molecule has 0 aliphatic heterocycles. The van der Waals surface area contributed by atoms with Gasteiger partial charge in [0.05, 0.1) is 0 Å². The first-order chi connectivity index (χ1) is 12.2. The van der Waals surface area contributed by atoms with Crippen LogP contribution in [0, 0.1) is 6.92 Å². The number of aromatic nitrogens is 3. The van der Waals surface area contributed by atoms with Crippen molar-refractivity contribution in [2.24, 2.45) is 5.10 Å². The Morgan fingerprint density at radius 2 is 1.52 bits per heavy atom. The fourth-order valence-electron chi connectivity index (χ4n) is 2.38. The van der Waals surface area contributed by atoms with Crippen molar-refractivity contribution >= 4 is 11.7 Å². The molecule has 0 unspecified atom stereocenters. The molecule has 2 aromatic carbocycles.